The SMILES string of the molecule is Cc1cc(O)c(C2(C(=O)O)CCC2)c2c1CCCC2. The minimum Gasteiger partial charge on any atom is -0.508 e. The molecular weight excluding hydrogens is 240 g/mol. The standard InChI is InChI=1S/C16H20O3/c1-10-9-13(17)14(12-6-3-2-5-11(10)12)16(15(18)19)7-4-8-16/h9,17H,2-8H2,1H3,(H,18,19). The number of phenols is 1. The van der Waals surface area contributed by atoms with E-state index < -0.39 is 11.4 Å². The highest BCUT2D eigenvalue weighted by molar-refractivity contribution is 5.84. The number of hydrogen-bond donors (Lipinski definition) is 2. The van der Waals surface area contributed by atoms with E-state index in [9.17, 15) is 15.0 Å². The number of carboxylic acid groups (broad SMARTS) is 1. The summed E-state index contributed by atoms with van der Waals surface area (Å²) in [6.45, 7) is 2.02. The van der Waals surface area contributed by atoms with Crippen LogP contribution in [0.25, 0.3) is 0 Å². The highest BCUT2D eigenvalue weighted by atomic mass is 16.4. The lowest BCUT2D eigenvalue weighted by molar-refractivity contribution is -0.147. The zero-order valence-corrected chi connectivity index (χ0v) is 11.3. The van der Waals surface area contributed by atoms with Crippen molar-refractivity contribution in [2.45, 2.75) is 57.3 Å². The van der Waals surface area contributed by atoms with Gasteiger partial charge in [0.1, 0.15) is 5.75 Å². The number of hydrogen-bond acceptors (Lipinski definition) is 2. The van der Waals surface area contributed by atoms with Crippen molar-refractivity contribution in [2.75, 3.05) is 0 Å². The second-order valence-electron chi connectivity index (χ2n) is 5.99. The van der Waals surface area contributed by atoms with Gasteiger partial charge in [-0.3, -0.25) is 4.79 Å². The number of aromatic hydroxyl groups is 1. The van der Waals surface area contributed by atoms with E-state index in [1.807, 2.05) is 6.92 Å². The van der Waals surface area contributed by atoms with Crippen LogP contribution < -0.4 is 0 Å². The zero-order valence-electron chi connectivity index (χ0n) is 11.3. The molecule has 0 saturated heterocycles. The van der Waals surface area contributed by atoms with Crippen LogP contribution in [0.3, 0.4) is 0 Å². The summed E-state index contributed by atoms with van der Waals surface area (Å²) in [6.07, 6.45) is 6.45. The first-order valence-corrected chi connectivity index (χ1v) is 7.14. The Hall–Kier alpha value is -1.51. The smallest absolute Gasteiger partial charge is 0.314 e. The number of aryl methyl sites for hydroxylation is 1. The topological polar surface area (TPSA) is 57.5 Å². The van der Waals surface area contributed by atoms with Gasteiger partial charge in [0.25, 0.3) is 0 Å². The average molecular weight is 260 g/mol. The Bertz CT molecular complexity index is 541. The molecule has 3 heteroatoms. The average Bonchev–Trinajstić information content (AvgIpc) is 2.31. The summed E-state index contributed by atoms with van der Waals surface area (Å²) < 4.78 is 0. The number of fused-ring (bicyclic) bond motifs is 1. The maximum absolute atomic E-state index is 11.7. The number of carbonyl (C=O) groups is 1. The Morgan fingerprint density at radius 3 is 2.32 bits per heavy atom. The van der Waals surface area contributed by atoms with Gasteiger partial charge in [0.2, 0.25) is 0 Å². The van der Waals surface area contributed by atoms with Crippen molar-refractivity contribution < 1.29 is 15.0 Å². The number of phenolic OH excluding ortho intramolecular Hbond substituents is 1. The molecule has 1 fully saturated rings. The maximum Gasteiger partial charge on any atom is 0.314 e. The number of aliphatic carboxylic acids is 1. The molecule has 3 rings (SSSR count). The second kappa shape index (κ2) is 4.26. The van der Waals surface area contributed by atoms with Crippen molar-refractivity contribution in [2.24, 2.45) is 0 Å². The highest BCUT2D eigenvalue weighted by Crippen LogP contribution is 2.50. The van der Waals surface area contributed by atoms with Gasteiger partial charge in [0.05, 0.1) is 5.41 Å². The molecule has 0 aliphatic heterocycles. The predicted octanol–water partition coefficient (Wildman–Crippen LogP) is 3.09. The molecule has 1 aromatic rings. The molecule has 3 nitrogen and oxygen atoms in total. The van der Waals surface area contributed by atoms with Crippen LogP contribution in [0.4, 0.5) is 0 Å². The molecular formula is C16H20O3. The lowest BCUT2D eigenvalue weighted by Gasteiger charge is -2.41. The van der Waals surface area contributed by atoms with E-state index in [4.69, 9.17) is 0 Å². The number of rotatable bonds is 2. The number of benzene rings is 1. The van der Waals surface area contributed by atoms with E-state index in [-0.39, 0.29) is 5.75 Å². The first kappa shape index (κ1) is 12.5. The minimum atomic E-state index is -0.820. The van der Waals surface area contributed by atoms with Gasteiger partial charge in [0.15, 0.2) is 0 Å². The molecule has 0 radical (unpaired) electrons. The number of carboxylic acids is 1. The molecule has 0 heterocycles. The van der Waals surface area contributed by atoms with Gasteiger partial charge in [-0.2, -0.15) is 0 Å². The molecule has 0 amide bonds. The molecule has 0 aromatic heterocycles. The van der Waals surface area contributed by atoms with Gasteiger partial charge < -0.3 is 10.2 Å². The second-order valence-corrected chi connectivity index (χ2v) is 5.99. The fraction of sp³-hybridized carbons (Fsp3) is 0.562. The Labute approximate surface area is 113 Å². The minimum absolute atomic E-state index is 0.195. The highest BCUT2D eigenvalue weighted by Gasteiger charge is 2.49. The van der Waals surface area contributed by atoms with Crippen molar-refractivity contribution in [1.82, 2.24) is 0 Å². The van der Waals surface area contributed by atoms with E-state index in [0.717, 1.165) is 48.8 Å². The Balaban J connectivity index is 2.23. The van der Waals surface area contributed by atoms with Gasteiger partial charge in [0, 0.05) is 5.56 Å². The summed E-state index contributed by atoms with van der Waals surface area (Å²) in [5.41, 5.74) is 3.43. The van der Waals surface area contributed by atoms with Crippen molar-refractivity contribution in [3.05, 3.63) is 28.3 Å². The fourth-order valence-electron chi connectivity index (χ4n) is 3.77. The molecule has 102 valence electrons. The van der Waals surface area contributed by atoms with Crippen LogP contribution in [0.2, 0.25) is 0 Å². The predicted molar refractivity (Wildman–Crippen MR) is 72.7 cm³/mol. The van der Waals surface area contributed by atoms with Crippen LogP contribution in [-0.4, -0.2) is 16.2 Å². The van der Waals surface area contributed by atoms with Crippen molar-refractivity contribution in [3.8, 4) is 5.75 Å². The summed E-state index contributed by atoms with van der Waals surface area (Å²) in [5, 5.41) is 20.0. The van der Waals surface area contributed by atoms with Crippen LogP contribution in [0.5, 0.6) is 5.75 Å². The van der Waals surface area contributed by atoms with Crippen molar-refractivity contribution >= 4 is 5.97 Å². The van der Waals surface area contributed by atoms with Gasteiger partial charge in [-0.05, 0) is 68.2 Å². The van der Waals surface area contributed by atoms with Crippen LogP contribution in [0.1, 0.15) is 54.4 Å². The molecule has 0 atom stereocenters. The summed E-state index contributed by atoms with van der Waals surface area (Å²) in [5.74, 6) is -0.578. The molecule has 1 saturated carbocycles. The largest absolute Gasteiger partial charge is 0.508 e. The van der Waals surface area contributed by atoms with Gasteiger partial charge in [-0.25, -0.2) is 0 Å². The van der Waals surface area contributed by atoms with E-state index in [1.54, 1.807) is 6.07 Å². The maximum atomic E-state index is 11.7. The molecule has 0 unspecified atom stereocenters. The lowest BCUT2D eigenvalue weighted by Crippen LogP contribution is -2.43. The van der Waals surface area contributed by atoms with Crippen LogP contribution >= 0.6 is 0 Å². The summed E-state index contributed by atoms with van der Waals surface area (Å²) in [4.78, 5) is 11.7. The van der Waals surface area contributed by atoms with Crippen molar-refractivity contribution in [3.63, 3.8) is 0 Å². The monoisotopic (exact) mass is 260 g/mol. The quantitative estimate of drug-likeness (QED) is 0.859. The van der Waals surface area contributed by atoms with Crippen LogP contribution in [0, 0.1) is 6.92 Å². The molecule has 1 aromatic carbocycles. The molecule has 0 spiro atoms. The molecule has 2 N–H and O–H groups in total. The molecule has 19 heavy (non-hydrogen) atoms. The van der Waals surface area contributed by atoms with E-state index >= 15 is 0 Å². The Morgan fingerprint density at radius 2 is 1.79 bits per heavy atom. The zero-order chi connectivity index (χ0) is 13.6. The Morgan fingerprint density at radius 1 is 1.16 bits per heavy atom. The third-order valence-corrected chi connectivity index (χ3v) is 4.95. The molecule has 0 bridgehead atoms. The summed E-state index contributed by atoms with van der Waals surface area (Å²) in [6, 6.07) is 1.77. The van der Waals surface area contributed by atoms with E-state index in [1.165, 1.54) is 5.56 Å². The first-order valence-electron chi connectivity index (χ1n) is 7.14. The first-order chi connectivity index (χ1) is 9.06. The van der Waals surface area contributed by atoms with Gasteiger partial charge in [-0.1, -0.05) is 6.42 Å². The van der Waals surface area contributed by atoms with Gasteiger partial charge >= 0.3 is 5.97 Å². The third-order valence-electron chi connectivity index (χ3n) is 4.95. The van der Waals surface area contributed by atoms with E-state index in [0.29, 0.717) is 12.8 Å². The van der Waals surface area contributed by atoms with Crippen LogP contribution in [-0.2, 0) is 23.1 Å². The summed E-state index contributed by atoms with van der Waals surface area (Å²) in [7, 11) is 0. The lowest BCUT2D eigenvalue weighted by atomic mass is 9.61. The third kappa shape index (κ3) is 1.67. The summed E-state index contributed by atoms with van der Waals surface area (Å²) >= 11 is 0. The fourth-order valence-corrected chi connectivity index (χ4v) is 3.77. The molecule has 2 aliphatic rings. The Kier molecular flexibility index (Phi) is 2.80. The van der Waals surface area contributed by atoms with Gasteiger partial charge in [-0.15, -0.1) is 0 Å². The van der Waals surface area contributed by atoms with Crippen molar-refractivity contribution in [1.29, 1.82) is 0 Å². The van der Waals surface area contributed by atoms with E-state index in [2.05, 4.69) is 0 Å². The molecule has 2 aliphatic carbocycles. The normalized spacial score (nSPS) is 20.5. The van der Waals surface area contributed by atoms with Crippen LogP contribution in [0.15, 0.2) is 6.07 Å².